The highest BCUT2D eigenvalue weighted by atomic mass is 16.7. The molecule has 3 heterocycles. The first-order chi connectivity index (χ1) is 15.1. The van der Waals surface area contributed by atoms with Crippen molar-refractivity contribution >= 4 is 22.6 Å². The molecule has 1 N–H and O–H groups in total. The van der Waals surface area contributed by atoms with E-state index in [0.717, 1.165) is 22.9 Å². The van der Waals surface area contributed by atoms with Gasteiger partial charge in [0.15, 0.2) is 6.61 Å². The molecule has 1 saturated heterocycles. The van der Waals surface area contributed by atoms with Crippen molar-refractivity contribution in [2.45, 2.75) is 31.5 Å². The quantitative estimate of drug-likeness (QED) is 0.440. The number of rotatable bonds is 5. The zero-order valence-corrected chi connectivity index (χ0v) is 16.9. The van der Waals surface area contributed by atoms with Crippen molar-refractivity contribution in [2.24, 2.45) is 5.16 Å². The average Bonchev–Trinajstić information content (AvgIpc) is 3.46. The van der Waals surface area contributed by atoms with Gasteiger partial charge in [0.2, 0.25) is 6.29 Å². The van der Waals surface area contributed by atoms with Gasteiger partial charge in [0.25, 0.3) is 5.91 Å². The van der Waals surface area contributed by atoms with Crippen LogP contribution < -0.4 is 20.4 Å². The van der Waals surface area contributed by atoms with Gasteiger partial charge >= 0.3 is 5.63 Å². The standard InChI is InChI=1S/C22H20N2O7/c1-3-7-23-16(25)10-29-24-13-5-4-11-17(13)21(26)31-20-18(11)14(27-2)9-15-19(20)12-6-8-28-22(12)30-15/h1,9,12,22H,4-8,10H2,2H3,(H,23,25)/b24-13+/t12-,22+/m1/s1. The summed E-state index contributed by atoms with van der Waals surface area (Å²) in [6.45, 7) is 0.412. The van der Waals surface area contributed by atoms with Gasteiger partial charge < -0.3 is 28.8 Å². The van der Waals surface area contributed by atoms with Gasteiger partial charge in [-0.2, -0.15) is 0 Å². The van der Waals surface area contributed by atoms with E-state index >= 15 is 0 Å². The molecule has 9 nitrogen and oxygen atoms in total. The maximum Gasteiger partial charge on any atom is 0.345 e. The molecule has 1 aliphatic carbocycles. The van der Waals surface area contributed by atoms with Gasteiger partial charge in [-0.05, 0) is 24.8 Å². The van der Waals surface area contributed by atoms with Crippen molar-refractivity contribution in [1.29, 1.82) is 0 Å². The first kappa shape index (κ1) is 19.5. The molecule has 31 heavy (non-hydrogen) atoms. The summed E-state index contributed by atoms with van der Waals surface area (Å²) in [5.41, 5.74) is 2.42. The average molecular weight is 424 g/mol. The fourth-order valence-corrected chi connectivity index (χ4v) is 4.48. The molecule has 0 unspecified atom stereocenters. The van der Waals surface area contributed by atoms with E-state index in [1.807, 2.05) is 6.07 Å². The van der Waals surface area contributed by atoms with E-state index in [-0.39, 0.29) is 25.4 Å². The molecule has 3 aliphatic rings. The number of terminal acetylenes is 1. The molecular weight excluding hydrogens is 404 g/mol. The predicted molar refractivity (Wildman–Crippen MR) is 109 cm³/mol. The van der Waals surface area contributed by atoms with E-state index < -0.39 is 11.5 Å². The number of hydrogen-bond acceptors (Lipinski definition) is 8. The minimum atomic E-state index is -0.503. The number of fused-ring (bicyclic) bond motifs is 7. The SMILES string of the molecule is C#CCNC(=O)CO/N=C1\CCc2c1c(=O)oc1c3c(cc(OC)c21)O[C@@H]1OCC[C@H]31. The third-order valence-electron chi connectivity index (χ3n) is 5.78. The molecule has 1 fully saturated rings. The fraction of sp³-hybridized carbons (Fsp3) is 0.409. The van der Waals surface area contributed by atoms with Crippen LogP contribution in [0.15, 0.2) is 20.4 Å². The molecule has 160 valence electrons. The molecular formula is C22H20N2O7. The second-order valence-electron chi connectivity index (χ2n) is 7.48. The number of nitrogens with one attached hydrogen (secondary N) is 1. The molecule has 0 bridgehead atoms. The Kier molecular flexibility index (Phi) is 4.79. The van der Waals surface area contributed by atoms with Crippen molar-refractivity contribution in [3.63, 3.8) is 0 Å². The van der Waals surface area contributed by atoms with Crippen LogP contribution in [0.1, 0.15) is 35.4 Å². The lowest BCUT2D eigenvalue weighted by molar-refractivity contribution is -0.125. The van der Waals surface area contributed by atoms with Crippen molar-refractivity contribution in [1.82, 2.24) is 5.32 Å². The second kappa shape index (κ2) is 7.63. The molecule has 2 atom stereocenters. The third-order valence-corrected chi connectivity index (χ3v) is 5.78. The first-order valence-corrected chi connectivity index (χ1v) is 10.0. The monoisotopic (exact) mass is 424 g/mol. The van der Waals surface area contributed by atoms with Gasteiger partial charge in [0.1, 0.15) is 17.1 Å². The van der Waals surface area contributed by atoms with Gasteiger partial charge in [0.05, 0.1) is 42.8 Å². The largest absolute Gasteiger partial charge is 0.496 e. The van der Waals surface area contributed by atoms with Gasteiger partial charge in [-0.1, -0.05) is 11.1 Å². The zero-order chi connectivity index (χ0) is 21.5. The molecule has 1 amide bonds. The highest BCUT2D eigenvalue weighted by Crippen LogP contribution is 2.51. The smallest absolute Gasteiger partial charge is 0.345 e. The summed E-state index contributed by atoms with van der Waals surface area (Å²) in [5.74, 6) is 3.11. The van der Waals surface area contributed by atoms with Gasteiger partial charge in [-0.3, -0.25) is 4.79 Å². The Balaban J connectivity index is 1.55. The summed E-state index contributed by atoms with van der Waals surface area (Å²) in [6.07, 6.45) is 6.59. The lowest BCUT2D eigenvalue weighted by Crippen LogP contribution is -2.27. The molecule has 2 aromatic rings. The fourth-order valence-electron chi connectivity index (χ4n) is 4.48. The number of aryl methyl sites for hydroxylation is 1. The van der Waals surface area contributed by atoms with Crippen LogP contribution in [0.3, 0.4) is 0 Å². The maximum absolute atomic E-state index is 12.9. The Labute approximate surface area is 177 Å². The number of carbonyl (C=O) groups excluding carboxylic acids is 1. The van der Waals surface area contributed by atoms with E-state index in [1.165, 1.54) is 0 Å². The Morgan fingerprint density at radius 2 is 2.29 bits per heavy atom. The minimum Gasteiger partial charge on any atom is -0.496 e. The third kappa shape index (κ3) is 3.11. The van der Waals surface area contributed by atoms with Crippen molar-refractivity contribution in [2.75, 3.05) is 26.9 Å². The summed E-state index contributed by atoms with van der Waals surface area (Å²) in [5, 5.41) is 7.24. The summed E-state index contributed by atoms with van der Waals surface area (Å²) < 4.78 is 23.0. The number of methoxy groups -OCH3 is 1. The Morgan fingerprint density at radius 1 is 1.42 bits per heavy atom. The number of ether oxygens (including phenoxy) is 3. The van der Waals surface area contributed by atoms with E-state index in [2.05, 4.69) is 16.4 Å². The van der Waals surface area contributed by atoms with E-state index in [4.69, 9.17) is 29.9 Å². The topological polar surface area (TPSA) is 109 Å². The van der Waals surface area contributed by atoms with Crippen LogP contribution in [0.5, 0.6) is 11.5 Å². The molecule has 5 rings (SSSR count). The number of carbonyl (C=O) groups is 1. The van der Waals surface area contributed by atoms with Crippen LogP contribution >= 0.6 is 0 Å². The number of benzene rings is 1. The summed E-state index contributed by atoms with van der Waals surface area (Å²) in [6, 6.07) is 1.82. The van der Waals surface area contributed by atoms with E-state index in [9.17, 15) is 9.59 Å². The Bertz CT molecular complexity index is 1210. The Hall–Kier alpha value is -3.51. The second-order valence-corrected chi connectivity index (χ2v) is 7.48. The van der Waals surface area contributed by atoms with Crippen molar-refractivity contribution in [3.8, 4) is 23.8 Å². The lowest BCUT2D eigenvalue weighted by Gasteiger charge is -2.13. The van der Waals surface area contributed by atoms with Crippen molar-refractivity contribution < 1.29 is 28.3 Å². The van der Waals surface area contributed by atoms with Crippen LogP contribution in [0.25, 0.3) is 11.0 Å². The molecule has 1 aromatic heterocycles. The van der Waals surface area contributed by atoms with Crippen LogP contribution in [0, 0.1) is 12.3 Å². The number of amides is 1. The molecule has 0 saturated carbocycles. The molecule has 2 aliphatic heterocycles. The van der Waals surface area contributed by atoms with Gasteiger partial charge in [-0.15, -0.1) is 6.42 Å². The van der Waals surface area contributed by atoms with Crippen LogP contribution in [0.2, 0.25) is 0 Å². The normalized spacial score (nSPS) is 21.9. The number of hydrogen-bond donors (Lipinski definition) is 1. The maximum atomic E-state index is 12.9. The molecule has 1 aromatic carbocycles. The summed E-state index contributed by atoms with van der Waals surface area (Å²) in [4.78, 5) is 29.7. The number of oxime groups is 1. The highest BCUT2D eigenvalue weighted by Gasteiger charge is 2.43. The lowest BCUT2D eigenvalue weighted by atomic mass is 9.94. The van der Waals surface area contributed by atoms with Crippen molar-refractivity contribution in [3.05, 3.63) is 33.2 Å². The van der Waals surface area contributed by atoms with Crippen LogP contribution in [0.4, 0.5) is 0 Å². The van der Waals surface area contributed by atoms with Gasteiger partial charge in [-0.25, -0.2) is 4.79 Å². The summed E-state index contributed by atoms with van der Waals surface area (Å²) in [7, 11) is 1.56. The van der Waals surface area contributed by atoms with E-state index in [1.54, 1.807) is 7.11 Å². The predicted octanol–water partition coefficient (Wildman–Crippen LogP) is 1.44. The molecule has 0 spiro atoms. The van der Waals surface area contributed by atoms with E-state index in [0.29, 0.717) is 47.8 Å². The van der Waals surface area contributed by atoms with Crippen LogP contribution in [-0.2, 0) is 20.8 Å². The summed E-state index contributed by atoms with van der Waals surface area (Å²) >= 11 is 0. The minimum absolute atomic E-state index is 0.0176. The molecule has 0 radical (unpaired) electrons. The van der Waals surface area contributed by atoms with Crippen LogP contribution in [-0.4, -0.2) is 44.8 Å². The first-order valence-electron chi connectivity index (χ1n) is 10.0. The Morgan fingerprint density at radius 3 is 3.10 bits per heavy atom. The molecule has 9 heteroatoms. The zero-order valence-electron chi connectivity index (χ0n) is 16.9. The number of nitrogens with zero attached hydrogens (tertiary/aromatic N) is 1. The highest BCUT2D eigenvalue weighted by molar-refractivity contribution is 6.08. The van der Waals surface area contributed by atoms with Gasteiger partial charge in [0, 0.05) is 11.6 Å².